The lowest BCUT2D eigenvalue weighted by Crippen LogP contribution is -2.33. The van der Waals surface area contributed by atoms with Gasteiger partial charge in [-0.25, -0.2) is 0 Å². The molecule has 0 unspecified atom stereocenters. The van der Waals surface area contributed by atoms with Crippen LogP contribution in [0.1, 0.15) is 6.42 Å². The maximum atomic E-state index is 11.0. The van der Waals surface area contributed by atoms with Crippen molar-refractivity contribution in [1.82, 2.24) is 4.90 Å². The lowest BCUT2D eigenvalue weighted by atomic mass is 10.3. The minimum atomic E-state index is 0.225. The molecule has 2 aliphatic rings. The average Bonchev–Trinajstić information content (AvgIpc) is 2.34. The number of thioether (sulfide) groups is 1. The van der Waals surface area contributed by atoms with Crippen molar-refractivity contribution in [3.05, 3.63) is 0 Å². The van der Waals surface area contributed by atoms with E-state index >= 15 is 0 Å². The van der Waals surface area contributed by atoms with Crippen LogP contribution in [0.4, 0.5) is 0 Å². The summed E-state index contributed by atoms with van der Waals surface area (Å²) >= 11 is 1.56. The van der Waals surface area contributed by atoms with Crippen LogP contribution < -0.4 is 0 Å². The van der Waals surface area contributed by atoms with Crippen molar-refractivity contribution < 1.29 is 4.79 Å². The largest absolute Gasteiger partial charge is 0.291 e. The van der Waals surface area contributed by atoms with Gasteiger partial charge in [-0.15, -0.1) is 0 Å². The van der Waals surface area contributed by atoms with Crippen LogP contribution in [-0.4, -0.2) is 34.8 Å². The van der Waals surface area contributed by atoms with Crippen LogP contribution >= 0.6 is 11.8 Å². The first-order valence-electron chi connectivity index (χ1n) is 3.35. The van der Waals surface area contributed by atoms with E-state index in [0.29, 0.717) is 5.75 Å². The number of fused-ring (bicyclic) bond motifs is 1. The third-order valence-corrected chi connectivity index (χ3v) is 2.64. The van der Waals surface area contributed by atoms with Gasteiger partial charge in [0.1, 0.15) is 0 Å². The van der Waals surface area contributed by atoms with Crippen LogP contribution in [0.5, 0.6) is 0 Å². The molecule has 3 nitrogen and oxygen atoms in total. The van der Waals surface area contributed by atoms with Gasteiger partial charge in [-0.3, -0.25) is 14.7 Å². The molecule has 0 atom stereocenters. The fourth-order valence-electron chi connectivity index (χ4n) is 1.14. The summed E-state index contributed by atoms with van der Waals surface area (Å²) in [5.41, 5.74) is 0. The van der Waals surface area contributed by atoms with E-state index in [2.05, 4.69) is 4.99 Å². The highest BCUT2D eigenvalue weighted by atomic mass is 32.2. The molecule has 0 aromatic carbocycles. The lowest BCUT2D eigenvalue weighted by molar-refractivity contribution is -0.124. The van der Waals surface area contributed by atoms with Gasteiger partial charge in [0.2, 0.25) is 5.91 Å². The summed E-state index contributed by atoms with van der Waals surface area (Å²) in [6, 6.07) is 0. The number of hydrogen-bond donors (Lipinski definition) is 0. The molecule has 0 saturated carbocycles. The summed E-state index contributed by atoms with van der Waals surface area (Å²) < 4.78 is 0. The Morgan fingerprint density at radius 1 is 1.60 bits per heavy atom. The Hall–Kier alpha value is -0.510. The molecular formula is C6H8N2OS. The van der Waals surface area contributed by atoms with Crippen molar-refractivity contribution in [2.75, 3.05) is 18.8 Å². The molecule has 2 heterocycles. The molecule has 0 aromatic heterocycles. The average molecular weight is 156 g/mol. The number of carbonyl (C=O) groups excluding carboxylic acids is 1. The molecule has 10 heavy (non-hydrogen) atoms. The van der Waals surface area contributed by atoms with Gasteiger partial charge in [0.05, 0.1) is 5.75 Å². The molecule has 1 saturated heterocycles. The van der Waals surface area contributed by atoms with Crippen LogP contribution in [0.25, 0.3) is 0 Å². The van der Waals surface area contributed by atoms with Gasteiger partial charge in [0.15, 0.2) is 5.17 Å². The molecule has 0 aromatic rings. The second-order valence-electron chi connectivity index (χ2n) is 2.35. The van der Waals surface area contributed by atoms with E-state index in [0.717, 1.165) is 24.7 Å². The molecule has 0 radical (unpaired) electrons. The van der Waals surface area contributed by atoms with Gasteiger partial charge in [-0.05, 0) is 6.42 Å². The predicted molar refractivity (Wildman–Crippen MR) is 41.1 cm³/mol. The molecule has 0 aliphatic carbocycles. The molecule has 1 amide bonds. The minimum Gasteiger partial charge on any atom is -0.291 e. The predicted octanol–water partition coefficient (Wildman–Crippen LogP) is 0.322. The summed E-state index contributed by atoms with van der Waals surface area (Å²) in [4.78, 5) is 17.0. The lowest BCUT2D eigenvalue weighted by Gasteiger charge is -2.18. The molecule has 4 heteroatoms. The standard InChI is InChI=1S/C6H8N2OS/c9-5-4-10-6-7-2-1-3-8(5)6/h1-4H2. The van der Waals surface area contributed by atoms with Gasteiger partial charge < -0.3 is 0 Å². The Balaban J connectivity index is 2.25. The van der Waals surface area contributed by atoms with E-state index in [9.17, 15) is 4.79 Å². The van der Waals surface area contributed by atoms with Gasteiger partial charge in [0.25, 0.3) is 0 Å². The Morgan fingerprint density at radius 2 is 2.50 bits per heavy atom. The molecule has 0 bridgehead atoms. The van der Waals surface area contributed by atoms with E-state index in [1.165, 1.54) is 0 Å². The minimum absolute atomic E-state index is 0.225. The first kappa shape index (κ1) is 6.22. The highest BCUT2D eigenvalue weighted by Gasteiger charge is 2.28. The zero-order valence-electron chi connectivity index (χ0n) is 5.54. The van der Waals surface area contributed by atoms with Crippen LogP contribution in [0, 0.1) is 0 Å². The Bertz CT molecular complexity index is 202. The van der Waals surface area contributed by atoms with Crippen molar-refractivity contribution in [2.45, 2.75) is 6.42 Å². The fourth-order valence-corrected chi connectivity index (χ4v) is 2.08. The first-order valence-corrected chi connectivity index (χ1v) is 4.34. The molecule has 0 N–H and O–H groups in total. The van der Waals surface area contributed by atoms with E-state index < -0.39 is 0 Å². The third-order valence-electron chi connectivity index (χ3n) is 1.64. The van der Waals surface area contributed by atoms with Crippen molar-refractivity contribution in [3.8, 4) is 0 Å². The van der Waals surface area contributed by atoms with E-state index in [4.69, 9.17) is 0 Å². The van der Waals surface area contributed by atoms with Crippen LogP contribution in [0.3, 0.4) is 0 Å². The van der Waals surface area contributed by atoms with Crippen molar-refractivity contribution in [1.29, 1.82) is 0 Å². The van der Waals surface area contributed by atoms with Crippen LogP contribution in [0.15, 0.2) is 4.99 Å². The third kappa shape index (κ3) is 0.831. The van der Waals surface area contributed by atoms with Crippen LogP contribution in [-0.2, 0) is 4.79 Å². The Kier molecular flexibility index (Phi) is 1.41. The summed E-state index contributed by atoms with van der Waals surface area (Å²) in [5.74, 6) is 0.821. The number of hydrogen-bond acceptors (Lipinski definition) is 3. The summed E-state index contributed by atoms with van der Waals surface area (Å²) in [6.45, 7) is 1.77. The molecule has 1 fully saturated rings. The van der Waals surface area contributed by atoms with Gasteiger partial charge in [0, 0.05) is 13.1 Å². The van der Waals surface area contributed by atoms with Crippen molar-refractivity contribution in [2.24, 2.45) is 4.99 Å². The fraction of sp³-hybridized carbons (Fsp3) is 0.667. The first-order chi connectivity index (χ1) is 4.88. The highest BCUT2D eigenvalue weighted by Crippen LogP contribution is 2.21. The normalized spacial score (nSPS) is 24.6. The summed E-state index contributed by atoms with van der Waals surface area (Å²) in [6.07, 6.45) is 1.02. The second kappa shape index (κ2) is 2.27. The van der Waals surface area contributed by atoms with Gasteiger partial charge in [-0.1, -0.05) is 11.8 Å². The number of carbonyl (C=O) groups is 1. The van der Waals surface area contributed by atoms with Crippen molar-refractivity contribution in [3.63, 3.8) is 0 Å². The maximum Gasteiger partial charge on any atom is 0.239 e. The number of aliphatic imine (C=N–C) groups is 1. The topological polar surface area (TPSA) is 32.7 Å². The van der Waals surface area contributed by atoms with Gasteiger partial charge in [-0.2, -0.15) is 0 Å². The smallest absolute Gasteiger partial charge is 0.239 e. The summed E-state index contributed by atoms with van der Waals surface area (Å²) in [5, 5.41) is 0.941. The van der Waals surface area contributed by atoms with E-state index in [-0.39, 0.29) is 5.91 Å². The zero-order chi connectivity index (χ0) is 6.97. The molecule has 0 spiro atoms. The number of amidine groups is 1. The SMILES string of the molecule is O=C1CSC2=NCCCN12. The van der Waals surface area contributed by atoms with Crippen LogP contribution in [0.2, 0.25) is 0 Å². The molecule has 2 rings (SSSR count). The summed E-state index contributed by atoms with van der Waals surface area (Å²) in [7, 11) is 0. The Morgan fingerprint density at radius 3 is 3.30 bits per heavy atom. The Labute approximate surface area is 63.5 Å². The number of nitrogens with zero attached hydrogens (tertiary/aromatic N) is 2. The van der Waals surface area contributed by atoms with E-state index in [1.807, 2.05) is 0 Å². The van der Waals surface area contributed by atoms with E-state index in [1.54, 1.807) is 16.7 Å². The molecule has 54 valence electrons. The maximum absolute atomic E-state index is 11.0. The number of rotatable bonds is 0. The molecule has 2 aliphatic heterocycles. The van der Waals surface area contributed by atoms with Gasteiger partial charge >= 0.3 is 0 Å². The highest BCUT2D eigenvalue weighted by molar-refractivity contribution is 8.15. The zero-order valence-corrected chi connectivity index (χ0v) is 6.36. The van der Waals surface area contributed by atoms with Crippen molar-refractivity contribution >= 4 is 22.8 Å². The monoisotopic (exact) mass is 156 g/mol. The second-order valence-corrected chi connectivity index (χ2v) is 3.29. The quantitative estimate of drug-likeness (QED) is 0.506. The number of amides is 1. The molecular weight excluding hydrogens is 148 g/mol.